The van der Waals surface area contributed by atoms with Gasteiger partial charge >= 0.3 is 0 Å². The molecular formula is C19H31N3O. The van der Waals surface area contributed by atoms with Crippen LogP contribution in [0.3, 0.4) is 0 Å². The second-order valence-corrected chi connectivity index (χ2v) is 5.02. The van der Waals surface area contributed by atoms with Crippen LogP contribution in [0.4, 0.5) is 0 Å². The lowest BCUT2D eigenvalue weighted by Gasteiger charge is -1.99. The summed E-state index contributed by atoms with van der Waals surface area (Å²) in [5.41, 5.74) is 3.22. The van der Waals surface area contributed by atoms with Crippen LogP contribution in [0.5, 0.6) is 0 Å². The van der Waals surface area contributed by atoms with Crippen LogP contribution in [0.15, 0.2) is 42.7 Å². The number of nitrogens with one attached hydrogen (secondary N) is 1. The molecule has 0 bridgehead atoms. The predicted molar refractivity (Wildman–Crippen MR) is 102 cm³/mol. The van der Waals surface area contributed by atoms with Crippen LogP contribution in [-0.4, -0.2) is 28.2 Å². The summed E-state index contributed by atoms with van der Waals surface area (Å²) in [6.07, 6.45) is 4.17. The lowest BCUT2D eigenvalue weighted by molar-refractivity contribution is 0.134. The van der Waals surface area contributed by atoms with Gasteiger partial charge in [0.05, 0.1) is 11.8 Å². The number of H-pyrrole nitrogens is 1. The SMILES string of the molecule is CC.COC(C)C.Cc1nccc(-c2c[nH]c3ccccc23)n1.[HH].[HH]. The van der Waals surface area contributed by atoms with E-state index in [2.05, 4.69) is 27.1 Å². The van der Waals surface area contributed by atoms with Gasteiger partial charge in [-0.15, -0.1) is 0 Å². The minimum atomic E-state index is 0. The summed E-state index contributed by atoms with van der Waals surface area (Å²) < 4.78 is 4.75. The van der Waals surface area contributed by atoms with Crippen LogP contribution in [0.25, 0.3) is 22.2 Å². The van der Waals surface area contributed by atoms with Crippen molar-refractivity contribution in [2.45, 2.75) is 40.7 Å². The molecule has 0 aliphatic rings. The van der Waals surface area contributed by atoms with Crippen molar-refractivity contribution in [3.05, 3.63) is 48.5 Å². The summed E-state index contributed by atoms with van der Waals surface area (Å²) in [7, 11) is 1.70. The number of aryl methyl sites for hydroxylation is 1. The standard InChI is InChI=1S/C13H11N3.C4H10O.C2H6.2H2/c1-9-14-7-6-13(16-9)11-8-15-12-5-3-2-4-10(11)12;1-4(2)5-3;1-2;;/h2-8,15H,1H3;4H,1-3H3;1-2H3;2*1H. The smallest absolute Gasteiger partial charge is 0.125 e. The molecule has 1 aromatic carbocycles. The molecule has 23 heavy (non-hydrogen) atoms. The number of hydrogen-bond donors (Lipinski definition) is 1. The molecule has 0 aliphatic carbocycles. The first-order chi connectivity index (χ1) is 11.1. The van der Waals surface area contributed by atoms with Gasteiger partial charge in [-0.3, -0.25) is 0 Å². The maximum Gasteiger partial charge on any atom is 0.125 e. The quantitative estimate of drug-likeness (QED) is 0.679. The van der Waals surface area contributed by atoms with Crippen LogP contribution >= 0.6 is 0 Å². The number of ether oxygens (including phenoxy) is 1. The molecule has 4 nitrogen and oxygen atoms in total. The second kappa shape index (κ2) is 9.74. The van der Waals surface area contributed by atoms with Gasteiger partial charge in [0.15, 0.2) is 0 Å². The van der Waals surface area contributed by atoms with Crippen LogP contribution in [0.2, 0.25) is 0 Å². The molecule has 0 radical (unpaired) electrons. The number of rotatable bonds is 2. The molecule has 0 fully saturated rings. The predicted octanol–water partition coefficient (Wildman–Crippen LogP) is 5.49. The number of para-hydroxylation sites is 1. The number of benzene rings is 1. The van der Waals surface area contributed by atoms with E-state index in [0.717, 1.165) is 22.6 Å². The van der Waals surface area contributed by atoms with Gasteiger partial charge in [0, 0.05) is 38.8 Å². The molecule has 0 amide bonds. The van der Waals surface area contributed by atoms with Gasteiger partial charge in [-0.2, -0.15) is 0 Å². The van der Waals surface area contributed by atoms with Gasteiger partial charge in [-0.05, 0) is 32.9 Å². The van der Waals surface area contributed by atoms with Crippen LogP contribution in [0.1, 0.15) is 36.4 Å². The highest BCUT2D eigenvalue weighted by Gasteiger charge is 2.06. The first-order valence-corrected chi connectivity index (χ1v) is 8.00. The molecule has 3 aromatic rings. The lowest BCUT2D eigenvalue weighted by atomic mass is 10.1. The molecule has 1 N–H and O–H groups in total. The highest BCUT2D eigenvalue weighted by atomic mass is 16.5. The normalized spacial score (nSPS) is 9.87. The zero-order chi connectivity index (χ0) is 17.2. The third-order valence-electron chi connectivity index (χ3n) is 3.11. The van der Waals surface area contributed by atoms with Gasteiger partial charge in [0.25, 0.3) is 0 Å². The Balaban J connectivity index is 0. The van der Waals surface area contributed by atoms with Gasteiger partial charge < -0.3 is 9.72 Å². The van der Waals surface area contributed by atoms with Crippen molar-refractivity contribution >= 4 is 10.9 Å². The molecule has 2 aromatic heterocycles. The van der Waals surface area contributed by atoms with Gasteiger partial charge in [-0.25, -0.2) is 9.97 Å². The minimum absolute atomic E-state index is 0. The first kappa shape index (κ1) is 18.8. The molecule has 0 spiro atoms. The maximum absolute atomic E-state index is 4.75. The number of fused-ring (bicyclic) bond motifs is 1. The number of nitrogens with zero attached hydrogens (tertiary/aromatic N) is 2. The Bertz CT molecular complexity index is 714. The molecule has 0 saturated heterocycles. The number of methoxy groups -OCH3 is 1. The molecule has 4 heteroatoms. The van der Waals surface area contributed by atoms with Gasteiger partial charge in [0.1, 0.15) is 5.82 Å². The molecule has 0 saturated carbocycles. The zero-order valence-electron chi connectivity index (χ0n) is 14.9. The second-order valence-electron chi connectivity index (χ2n) is 5.02. The lowest BCUT2D eigenvalue weighted by Crippen LogP contribution is -1.94. The summed E-state index contributed by atoms with van der Waals surface area (Å²) in [5, 5.41) is 1.20. The molecule has 0 unspecified atom stereocenters. The monoisotopic (exact) mass is 317 g/mol. The molecule has 3 rings (SSSR count). The van der Waals surface area contributed by atoms with Crippen molar-refractivity contribution in [2.24, 2.45) is 0 Å². The summed E-state index contributed by atoms with van der Waals surface area (Å²) in [5.74, 6) is 0.794. The Morgan fingerprint density at radius 3 is 2.39 bits per heavy atom. The molecular weight excluding hydrogens is 286 g/mol. The van der Waals surface area contributed by atoms with Crippen LogP contribution < -0.4 is 0 Å². The molecule has 0 aliphatic heterocycles. The summed E-state index contributed by atoms with van der Waals surface area (Å²) in [6, 6.07) is 10.1. The van der Waals surface area contributed by atoms with Gasteiger partial charge in [0.2, 0.25) is 0 Å². The summed E-state index contributed by atoms with van der Waals surface area (Å²) in [6.45, 7) is 9.90. The van der Waals surface area contributed by atoms with Crippen molar-refractivity contribution < 1.29 is 7.59 Å². The van der Waals surface area contributed by atoms with Crippen LogP contribution in [0, 0.1) is 6.92 Å². The number of aromatic nitrogens is 3. The van der Waals surface area contributed by atoms with E-state index < -0.39 is 0 Å². The van der Waals surface area contributed by atoms with E-state index in [1.165, 1.54) is 5.39 Å². The van der Waals surface area contributed by atoms with E-state index in [0.29, 0.717) is 6.10 Å². The van der Waals surface area contributed by atoms with Gasteiger partial charge in [-0.1, -0.05) is 32.0 Å². The fraction of sp³-hybridized carbons (Fsp3) is 0.368. The van der Waals surface area contributed by atoms with E-state index in [1.54, 1.807) is 13.3 Å². The topological polar surface area (TPSA) is 50.8 Å². The fourth-order valence-corrected chi connectivity index (χ4v) is 1.89. The average Bonchev–Trinajstić information content (AvgIpc) is 3.01. The van der Waals surface area contributed by atoms with E-state index in [1.807, 2.05) is 59.0 Å². The summed E-state index contributed by atoms with van der Waals surface area (Å²) in [4.78, 5) is 11.8. The number of aromatic amines is 1. The van der Waals surface area contributed by atoms with Crippen molar-refractivity contribution in [1.29, 1.82) is 0 Å². The van der Waals surface area contributed by atoms with Crippen molar-refractivity contribution in [3.63, 3.8) is 0 Å². The van der Waals surface area contributed by atoms with Crippen molar-refractivity contribution in [2.75, 3.05) is 7.11 Å². The van der Waals surface area contributed by atoms with E-state index in [4.69, 9.17) is 4.74 Å². The minimum Gasteiger partial charge on any atom is -0.382 e. The van der Waals surface area contributed by atoms with E-state index in [-0.39, 0.29) is 2.85 Å². The fourth-order valence-electron chi connectivity index (χ4n) is 1.89. The summed E-state index contributed by atoms with van der Waals surface area (Å²) >= 11 is 0. The number of hydrogen-bond acceptors (Lipinski definition) is 3. The Labute approximate surface area is 141 Å². The van der Waals surface area contributed by atoms with Crippen molar-refractivity contribution in [3.8, 4) is 11.3 Å². The molecule has 0 atom stereocenters. The Morgan fingerprint density at radius 2 is 1.78 bits per heavy atom. The zero-order valence-corrected chi connectivity index (χ0v) is 14.9. The largest absolute Gasteiger partial charge is 0.382 e. The third kappa shape index (κ3) is 5.49. The Hall–Kier alpha value is -2.20. The third-order valence-corrected chi connectivity index (χ3v) is 3.11. The highest BCUT2D eigenvalue weighted by molar-refractivity contribution is 5.94. The maximum atomic E-state index is 4.75. The van der Waals surface area contributed by atoms with Crippen molar-refractivity contribution in [1.82, 2.24) is 15.0 Å². The highest BCUT2D eigenvalue weighted by Crippen LogP contribution is 2.26. The first-order valence-electron chi connectivity index (χ1n) is 8.00. The Morgan fingerprint density at radius 1 is 1.13 bits per heavy atom. The van der Waals surface area contributed by atoms with E-state index >= 15 is 0 Å². The molecule has 2 heterocycles. The molecule has 128 valence electrons. The van der Waals surface area contributed by atoms with Crippen LogP contribution in [-0.2, 0) is 4.74 Å². The van der Waals surface area contributed by atoms with E-state index in [9.17, 15) is 0 Å². The Kier molecular flexibility index (Phi) is 7.98. The average molecular weight is 317 g/mol.